The second-order valence-corrected chi connectivity index (χ2v) is 6.20. The molecule has 0 saturated carbocycles. The topological polar surface area (TPSA) is 43.4 Å². The summed E-state index contributed by atoms with van der Waals surface area (Å²) in [4.78, 5) is 0. The van der Waals surface area contributed by atoms with Crippen molar-refractivity contribution in [2.75, 3.05) is 0 Å². The Kier molecular flexibility index (Phi) is 4.49. The number of alkyl halides is 6. The molecule has 3 nitrogen and oxygen atoms in total. The van der Waals surface area contributed by atoms with Gasteiger partial charge in [-0.05, 0) is 6.07 Å². The summed E-state index contributed by atoms with van der Waals surface area (Å²) in [6.07, 6.45) is -10.7. The van der Waals surface area contributed by atoms with Gasteiger partial charge in [-0.15, -0.1) is 13.2 Å². The van der Waals surface area contributed by atoms with E-state index in [2.05, 4.69) is 15.4 Å². The molecule has 0 aliphatic heterocycles. The van der Waals surface area contributed by atoms with Gasteiger partial charge in [0.25, 0.3) is 0 Å². The maximum absolute atomic E-state index is 12.7. The molecule has 0 N–H and O–H groups in total. The minimum absolute atomic E-state index is 0.541. The monoisotopic (exact) mass is 342 g/mol. The fraction of sp³-hybridized carbons (Fsp3) is 0.333. The zero-order valence-corrected chi connectivity index (χ0v) is 10.7. The van der Waals surface area contributed by atoms with Gasteiger partial charge in [-0.1, -0.05) is 18.2 Å². The normalized spacial score (nSPS) is 14.9. The zero-order valence-electron chi connectivity index (χ0n) is 9.17. The van der Waals surface area contributed by atoms with Crippen LogP contribution in [0.4, 0.5) is 26.3 Å². The van der Waals surface area contributed by atoms with E-state index in [1.165, 1.54) is 0 Å². The van der Waals surface area contributed by atoms with Crippen LogP contribution in [0.2, 0.25) is 0 Å². The fourth-order valence-corrected chi connectivity index (χ4v) is 2.81. The van der Waals surface area contributed by atoms with Gasteiger partial charge in [0.2, 0.25) is 9.05 Å². The first-order valence-electron chi connectivity index (χ1n) is 4.67. The molecule has 0 radical (unpaired) electrons. The Morgan fingerprint density at radius 3 is 1.95 bits per heavy atom. The van der Waals surface area contributed by atoms with Crippen LogP contribution < -0.4 is 4.74 Å². The van der Waals surface area contributed by atoms with Crippen LogP contribution in [0.1, 0.15) is 10.8 Å². The Hall–Kier alpha value is -1.16. The Morgan fingerprint density at radius 2 is 1.55 bits per heavy atom. The van der Waals surface area contributed by atoms with Gasteiger partial charge in [0.1, 0.15) is 5.75 Å². The molecule has 1 unspecified atom stereocenters. The fourth-order valence-electron chi connectivity index (χ4n) is 1.40. The summed E-state index contributed by atoms with van der Waals surface area (Å²) < 4.78 is 99.8. The van der Waals surface area contributed by atoms with Crippen molar-refractivity contribution in [1.29, 1.82) is 0 Å². The van der Waals surface area contributed by atoms with Gasteiger partial charge >= 0.3 is 12.5 Å². The molecule has 0 heterocycles. The molecule has 1 rings (SSSR count). The van der Waals surface area contributed by atoms with Crippen molar-refractivity contribution in [1.82, 2.24) is 0 Å². The summed E-state index contributed by atoms with van der Waals surface area (Å²) in [5.41, 5.74) is -1.24. The smallest absolute Gasteiger partial charge is 0.405 e. The van der Waals surface area contributed by atoms with Crippen molar-refractivity contribution in [3.63, 3.8) is 0 Å². The maximum atomic E-state index is 12.7. The molecule has 0 spiro atoms. The average Bonchev–Trinajstić information content (AvgIpc) is 2.14. The van der Waals surface area contributed by atoms with Gasteiger partial charge in [0.15, 0.2) is 5.25 Å². The second kappa shape index (κ2) is 5.32. The van der Waals surface area contributed by atoms with Gasteiger partial charge < -0.3 is 4.74 Å². The first-order valence-corrected chi connectivity index (χ1v) is 7.04. The van der Waals surface area contributed by atoms with E-state index in [1.807, 2.05) is 0 Å². The van der Waals surface area contributed by atoms with E-state index in [0.29, 0.717) is 12.1 Å². The quantitative estimate of drug-likeness (QED) is 0.620. The molecule has 0 aliphatic rings. The van der Waals surface area contributed by atoms with E-state index in [1.54, 1.807) is 0 Å². The van der Waals surface area contributed by atoms with Crippen molar-refractivity contribution in [3.05, 3.63) is 29.8 Å². The lowest BCUT2D eigenvalue weighted by Gasteiger charge is -2.20. The van der Waals surface area contributed by atoms with E-state index in [-0.39, 0.29) is 0 Å². The standard InChI is InChI=1S/C9H5ClF6O3S/c10-20(17,18)7(8(11,12)13)5-3-1-2-4-6(5)19-9(14,15)16/h1-4,7H. The molecule has 11 heteroatoms. The third-order valence-corrected chi connectivity index (χ3v) is 3.62. The molecule has 1 aromatic carbocycles. The summed E-state index contributed by atoms with van der Waals surface area (Å²) in [6.45, 7) is 0. The van der Waals surface area contributed by atoms with Gasteiger partial charge in [0.05, 0.1) is 0 Å². The highest BCUT2D eigenvalue weighted by molar-refractivity contribution is 8.14. The number of hydrogen-bond donors (Lipinski definition) is 0. The molecule has 0 aliphatic carbocycles. The van der Waals surface area contributed by atoms with Crippen LogP contribution in [0.5, 0.6) is 5.75 Å². The summed E-state index contributed by atoms with van der Waals surface area (Å²) >= 11 is 0. The highest BCUT2D eigenvalue weighted by atomic mass is 35.7. The summed E-state index contributed by atoms with van der Waals surface area (Å²) in [5, 5.41) is -3.32. The average molecular weight is 343 g/mol. The lowest BCUT2D eigenvalue weighted by Crippen LogP contribution is -2.27. The highest BCUT2D eigenvalue weighted by Gasteiger charge is 2.51. The van der Waals surface area contributed by atoms with Gasteiger partial charge in [-0.3, -0.25) is 0 Å². The van der Waals surface area contributed by atoms with Gasteiger partial charge in [0, 0.05) is 16.2 Å². The van der Waals surface area contributed by atoms with E-state index in [9.17, 15) is 34.8 Å². The van der Waals surface area contributed by atoms with Crippen LogP contribution in [-0.4, -0.2) is 21.0 Å². The number of hydrogen-bond acceptors (Lipinski definition) is 3. The van der Waals surface area contributed by atoms with Crippen molar-refractivity contribution >= 4 is 19.7 Å². The molecule has 1 atom stereocenters. The number of ether oxygens (including phenoxy) is 1. The van der Waals surface area contributed by atoms with E-state index < -0.39 is 38.2 Å². The third-order valence-electron chi connectivity index (χ3n) is 2.01. The van der Waals surface area contributed by atoms with Gasteiger partial charge in [-0.2, -0.15) is 13.2 Å². The third kappa shape index (κ3) is 4.44. The SMILES string of the molecule is O=S(=O)(Cl)C(c1ccccc1OC(F)(F)F)C(F)(F)F. The number of benzene rings is 1. The Morgan fingerprint density at radius 1 is 1.05 bits per heavy atom. The highest BCUT2D eigenvalue weighted by Crippen LogP contribution is 2.45. The lowest BCUT2D eigenvalue weighted by molar-refractivity contribution is -0.275. The van der Waals surface area contributed by atoms with Crippen molar-refractivity contribution in [2.45, 2.75) is 17.8 Å². The Balaban J connectivity index is 3.43. The molecule has 114 valence electrons. The molecule has 0 bridgehead atoms. The maximum Gasteiger partial charge on any atom is 0.573 e. The molecule has 0 aromatic heterocycles. The minimum Gasteiger partial charge on any atom is -0.405 e. The van der Waals surface area contributed by atoms with Crippen LogP contribution in [-0.2, 0) is 9.05 Å². The van der Waals surface area contributed by atoms with Gasteiger partial charge in [-0.25, -0.2) is 8.42 Å². The predicted molar refractivity (Wildman–Crippen MR) is 56.7 cm³/mol. The molecule has 0 saturated heterocycles. The molecular weight excluding hydrogens is 338 g/mol. The molecule has 1 aromatic rings. The summed E-state index contributed by atoms with van der Waals surface area (Å²) in [7, 11) is -0.577. The van der Waals surface area contributed by atoms with Crippen molar-refractivity contribution in [3.8, 4) is 5.75 Å². The van der Waals surface area contributed by atoms with E-state index in [4.69, 9.17) is 0 Å². The summed E-state index contributed by atoms with van der Waals surface area (Å²) in [5.74, 6) is -1.29. The first-order chi connectivity index (χ1) is 8.82. The lowest BCUT2D eigenvalue weighted by atomic mass is 10.1. The number of rotatable bonds is 3. The molecule has 0 amide bonds. The molecular formula is C9H5ClF6O3S. The largest absolute Gasteiger partial charge is 0.573 e. The predicted octanol–water partition coefficient (Wildman–Crippen LogP) is 3.76. The summed E-state index contributed by atoms with van der Waals surface area (Å²) in [6, 6.07) is 2.99. The number of para-hydroxylation sites is 1. The Bertz CT molecular complexity index is 580. The van der Waals surface area contributed by atoms with Crippen LogP contribution in [0.15, 0.2) is 24.3 Å². The minimum atomic E-state index is -5.40. The molecule has 20 heavy (non-hydrogen) atoms. The zero-order chi connectivity index (χ0) is 15.8. The van der Waals surface area contributed by atoms with Crippen LogP contribution in [0, 0.1) is 0 Å². The Labute approximate surface area is 113 Å². The van der Waals surface area contributed by atoms with Crippen LogP contribution in [0.3, 0.4) is 0 Å². The van der Waals surface area contributed by atoms with Crippen molar-refractivity contribution in [2.24, 2.45) is 0 Å². The number of halogens is 7. The van der Waals surface area contributed by atoms with Crippen molar-refractivity contribution < 1.29 is 39.5 Å². The first kappa shape index (κ1) is 16.9. The second-order valence-electron chi connectivity index (χ2n) is 3.48. The van der Waals surface area contributed by atoms with Crippen LogP contribution in [0.25, 0.3) is 0 Å². The van der Waals surface area contributed by atoms with E-state index in [0.717, 1.165) is 12.1 Å². The van der Waals surface area contributed by atoms with Crippen LogP contribution >= 0.6 is 10.7 Å². The molecule has 0 fully saturated rings. The van der Waals surface area contributed by atoms with E-state index >= 15 is 0 Å².